The number of carbonyl (C=O) groups excluding carboxylic acids is 2. The van der Waals surface area contributed by atoms with Gasteiger partial charge in [0.15, 0.2) is 6.10 Å². The Labute approximate surface area is 285 Å². The third-order valence-electron chi connectivity index (χ3n) is 7.99. The van der Waals surface area contributed by atoms with Crippen molar-refractivity contribution in [3.8, 4) is 0 Å². The molecule has 9 nitrogen and oxygen atoms in total. The first-order valence-corrected chi connectivity index (χ1v) is 19.8. The summed E-state index contributed by atoms with van der Waals surface area (Å²) in [5.74, 6) is -0.199. The number of carbonyl (C=O) groups is 2. The van der Waals surface area contributed by atoms with E-state index in [1.54, 1.807) is 0 Å². The normalized spacial score (nSPS) is 17.3. The highest BCUT2D eigenvalue weighted by atomic mass is 31.2. The van der Waals surface area contributed by atoms with E-state index in [0.717, 1.165) is 57.3 Å². The Balaban J connectivity index is 2.16. The first-order chi connectivity index (χ1) is 22.6. The lowest BCUT2D eigenvalue weighted by molar-refractivity contribution is -0.161. The average Bonchev–Trinajstić information content (AvgIpc) is 3.77. The first-order valence-electron chi connectivity index (χ1n) is 18.3. The van der Waals surface area contributed by atoms with Gasteiger partial charge in [0, 0.05) is 12.8 Å². The summed E-state index contributed by atoms with van der Waals surface area (Å²) in [6, 6.07) is 0. The summed E-state index contributed by atoms with van der Waals surface area (Å²) in [5, 5.41) is 0. The highest BCUT2D eigenvalue weighted by molar-refractivity contribution is 7.46. The van der Waals surface area contributed by atoms with Crippen LogP contribution < -0.4 is 0 Å². The molecule has 1 saturated heterocycles. The lowest BCUT2D eigenvalue weighted by Gasteiger charge is -2.18. The topological polar surface area (TPSA) is 132 Å². The van der Waals surface area contributed by atoms with Gasteiger partial charge in [-0.1, -0.05) is 121 Å². The number of hydrogen-bond donors (Lipinski definition) is 2. The summed E-state index contributed by atoms with van der Waals surface area (Å²) in [6.45, 7) is 5.85. The predicted octanol–water partition coefficient (Wildman–Crippen LogP) is 9.46. The Morgan fingerprint density at radius 3 is 1.96 bits per heavy atom. The van der Waals surface area contributed by atoms with Gasteiger partial charge >= 0.3 is 19.8 Å². The van der Waals surface area contributed by atoms with Crippen molar-refractivity contribution in [1.82, 2.24) is 0 Å². The molecule has 2 unspecified atom stereocenters. The van der Waals surface area contributed by atoms with Crippen molar-refractivity contribution in [3.05, 3.63) is 36.5 Å². The van der Waals surface area contributed by atoms with Crippen LogP contribution in [0.4, 0.5) is 0 Å². The van der Waals surface area contributed by atoms with Gasteiger partial charge in [-0.2, -0.15) is 0 Å². The third kappa shape index (κ3) is 28.9. The van der Waals surface area contributed by atoms with Crippen LogP contribution in [0.1, 0.15) is 149 Å². The number of hydrogen-bond acceptors (Lipinski definition) is 7. The van der Waals surface area contributed by atoms with Crippen LogP contribution in [0.2, 0.25) is 0 Å². The predicted molar refractivity (Wildman–Crippen MR) is 188 cm³/mol. The number of allylic oxidation sites excluding steroid dienone is 4. The van der Waals surface area contributed by atoms with E-state index in [0.29, 0.717) is 12.8 Å². The van der Waals surface area contributed by atoms with Gasteiger partial charge in [0.05, 0.1) is 18.8 Å². The molecule has 10 heteroatoms. The van der Waals surface area contributed by atoms with Crippen molar-refractivity contribution >= 4 is 19.8 Å². The molecule has 1 aliphatic rings. The van der Waals surface area contributed by atoms with E-state index in [2.05, 4.69) is 55.7 Å². The molecule has 1 fully saturated rings. The number of unbranched alkanes of at least 4 members (excludes halogenated alkanes) is 11. The van der Waals surface area contributed by atoms with Crippen LogP contribution in [0.5, 0.6) is 0 Å². The minimum absolute atomic E-state index is 0.183. The summed E-state index contributed by atoms with van der Waals surface area (Å²) in [7, 11) is -4.76. The second-order valence-corrected chi connectivity index (χ2v) is 14.3. The maximum atomic E-state index is 12.3. The molecule has 0 saturated carbocycles. The maximum Gasteiger partial charge on any atom is 0.469 e. The highest BCUT2D eigenvalue weighted by Gasteiger charge is 2.36. The van der Waals surface area contributed by atoms with Crippen molar-refractivity contribution in [3.63, 3.8) is 0 Å². The van der Waals surface area contributed by atoms with Gasteiger partial charge in [-0.3, -0.25) is 14.1 Å². The van der Waals surface area contributed by atoms with Crippen LogP contribution in [-0.2, 0) is 32.9 Å². The first kappa shape index (κ1) is 43.3. The smallest absolute Gasteiger partial charge is 0.462 e. The molecule has 0 aromatic carbocycles. The molecule has 0 bridgehead atoms. The van der Waals surface area contributed by atoms with Gasteiger partial charge in [-0.25, -0.2) is 4.57 Å². The summed E-state index contributed by atoms with van der Waals surface area (Å²) in [4.78, 5) is 42.6. The van der Waals surface area contributed by atoms with E-state index < -0.39 is 32.5 Å². The molecule has 47 heavy (non-hydrogen) atoms. The monoisotopic (exact) mass is 684 g/mol. The Morgan fingerprint density at radius 1 is 0.723 bits per heavy atom. The zero-order valence-electron chi connectivity index (χ0n) is 29.5. The number of rotatable bonds is 31. The SMILES string of the molecule is CCCCC/C=C\C/C=C\CC1OC1C/C=C\CCCC(=O)OC[C@H](COP(=O)(O)O)OC(=O)CCCCCCCCCCC(C)C. The number of epoxide rings is 1. The molecule has 1 rings (SSSR count). The largest absolute Gasteiger partial charge is 0.469 e. The molecule has 0 aromatic heterocycles. The molecule has 0 amide bonds. The average molecular weight is 685 g/mol. The molecule has 0 aliphatic carbocycles. The molecular formula is C37H65O9P. The fraction of sp³-hybridized carbons (Fsp3) is 0.784. The third-order valence-corrected chi connectivity index (χ3v) is 8.48. The fourth-order valence-corrected chi connectivity index (χ4v) is 5.48. The van der Waals surface area contributed by atoms with Crippen molar-refractivity contribution in [2.75, 3.05) is 13.2 Å². The molecular weight excluding hydrogens is 619 g/mol. The van der Waals surface area contributed by atoms with Crippen LogP contribution in [0.25, 0.3) is 0 Å². The molecule has 272 valence electrons. The van der Waals surface area contributed by atoms with E-state index in [1.807, 2.05) is 6.08 Å². The van der Waals surface area contributed by atoms with E-state index in [4.69, 9.17) is 24.0 Å². The van der Waals surface area contributed by atoms with E-state index in [-0.39, 0.29) is 31.7 Å². The second-order valence-electron chi connectivity index (χ2n) is 13.1. The van der Waals surface area contributed by atoms with Gasteiger partial charge in [-0.15, -0.1) is 0 Å². The zero-order valence-corrected chi connectivity index (χ0v) is 30.4. The van der Waals surface area contributed by atoms with Crippen molar-refractivity contribution in [2.24, 2.45) is 5.92 Å². The Bertz CT molecular complexity index is 940. The zero-order chi connectivity index (χ0) is 34.6. The van der Waals surface area contributed by atoms with Crippen LogP contribution in [0.15, 0.2) is 36.5 Å². The lowest BCUT2D eigenvalue weighted by atomic mass is 10.0. The standard InChI is InChI=1S/C37H65O9P/c1-4-5-6-7-8-9-13-16-21-26-34-35(46-34)27-22-18-19-23-28-36(38)43-30-33(31-44-47(40,41)42)45-37(39)29-24-17-14-11-10-12-15-20-25-32(2)3/h8-9,16,18,21-22,32-35H,4-7,10-15,17,19-20,23-31H2,1-3H3,(H2,40,41,42)/b9-8-,21-16-,22-18-/t33-,34?,35?/m1/s1. The van der Waals surface area contributed by atoms with Crippen LogP contribution in [0.3, 0.4) is 0 Å². The Kier molecular flexibility index (Phi) is 25.9. The summed E-state index contributed by atoms with van der Waals surface area (Å²) >= 11 is 0. The molecule has 0 aromatic rings. The van der Waals surface area contributed by atoms with E-state index in [1.165, 1.54) is 51.4 Å². The summed E-state index contributed by atoms with van der Waals surface area (Å²) in [6.07, 6.45) is 32.0. The fourth-order valence-electron chi connectivity index (χ4n) is 5.12. The number of ether oxygens (including phenoxy) is 3. The van der Waals surface area contributed by atoms with Crippen LogP contribution in [-0.4, -0.2) is 53.3 Å². The van der Waals surface area contributed by atoms with Crippen molar-refractivity contribution in [1.29, 1.82) is 0 Å². The number of esters is 2. The highest BCUT2D eigenvalue weighted by Crippen LogP contribution is 2.36. The van der Waals surface area contributed by atoms with Crippen molar-refractivity contribution < 1.29 is 42.7 Å². The minimum Gasteiger partial charge on any atom is -0.462 e. The van der Waals surface area contributed by atoms with Crippen LogP contribution >= 0.6 is 7.82 Å². The molecule has 0 radical (unpaired) electrons. The molecule has 0 spiro atoms. The molecule has 2 N–H and O–H groups in total. The van der Waals surface area contributed by atoms with Gasteiger partial charge < -0.3 is 24.0 Å². The molecule has 1 aliphatic heterocycles. The van der Waals surface area contributed by atoms with Gasteiger partial charge in [-0.05, 0) is 57.3 Å². The Hall–Kier alpha value is -1.77. The quantitative estimate of drug-likeness (QED) is 0.0241. The number of phosphoric ester groups is 1. The maximum absolute atomic E-state index is 12.3. The second kappa shape index (κ2) is 28.1. The van der Waals surface area contributed by atoms with Gasteiger partial charge in [0.25, 0.3) is 0 Å². The van der Waals surface area contributed by atoms with E-state index in [9.17, 15) is 14.2 Å². The summed E-state index contributed by atoms with van der Waals surface area (Å²) < 4.78 is 32.0. The minimum atomic E-state index is -4.76. The molecule has 3 atom stereocenters. The van der Waals surface area contributed by atoms with Crippen LogP contribution in [0, 0.1) is 5.92 Å². The van der Waals surface area contributed by atoms with Crippen molar-refractivity contribution in [2.45, 2.75) is 167 Å². The van der Waals surface area contributed by atoms with Gasteiger partial charge in [0.2, 0.25) is 0 Å². The summed E-state index contributed by atoms with van der Waals surface area (Å²) in [5.41, 5.74) is 0. The number of phosphoric acid groups is 1. The lowest BCUT2D eigenvalue weighted by Crippen LogP contribution is -2.29. The Morgan fingerprint density at radius 2 is 1.30 bits per heavy atom. The van der Waals surface area contributed by atoms with E-state index >= 15 is 0 Å². The van der Waals surface area contributed by atoms with Gasteiger partial charge in [0.1, 0.15) is 6.61 Å². The molecule has 1 heterocycles.